The molecule has 1 heterocycles. The summed E-state index contributed by atoms with van der Waals surface area (Å²) in [5.74, 6) is 0.199. The molecule has 0 atom stereocenters. The maximum atomic E-state index is 10.7. The van der Waals surface area contributed by atoms with Gasteiger partial charge in [-0.3, -0.25) is 4.79 Å². The van der Waals surface area contributed by atoms with Gasteiger partial charge in [-0.1, -0.05) is 0 Å². The van der Waals surface area contributed by atoms with Gasteiger partial charge in [-0.2, -0.15) is 0 Å². The van der Waals surface area contributed by atoms with Gasteiger partial charge in [0.1, 0.15) is 0 Å². The smallest absolute Gasteiger partial charge is 0.213 e. The molecule has 0 saturated carbocycles. The van der Waals surface area contributed by atoms with Gasteiger partial charge in [-0.15, -0.1) is 0 Å². The molecule has 1 rings (SSSR count). The topological polar surface area (TPSA) is 39.2 Å². The van der Waals surface area contributed by atoms with E-state index in [1.165, 1.54) is 13.3 Å². The Labute approximate surface area is 65.0 Å². The fourth-order valence-corrected chi connectivity index (χ4v) is 0.695. The third kappa shape index (κ3) is 1.77. The lowest BCUT2D eigenvalue weighted by molar-refractivity contribution is 0.104. The molecule has 1 radical (unpaired) electrons. The van der Waals surface area contributed by atoms with Crippen molar-refractivity contribution in [3.8, 4) is 5.88 Å². The highest BCUT2D eigenvalue weighted by molar-refractivity contribution is 5.99. The van der Waals surface area contributed by atoms with Crippen LogP contribution in [-0.4, -0.2) is 17.9 Å². The molecule has 0 bridgehead atoms. The van der Waals surface area contributed by atoms with E-state index in [0.717, 1.165) is 0 Å². The van der Waals surface area contributed by atoms with Crippen LogP contribution in [0.2, 0.25) is 0 Å². The maximum Gasteiger partial charge on any atom is 0.213 e. The number of carbonyl (C=O) groups excluding carboxylic acids is 1. The van der Waals surface area contributed by atoms with Crippen LogP contribution in [0.4, 0.5) is 0 Å². The monoisotopic (exact) mass is 150 g/mol. The lowest BCUT2D eigenvalue weighted by Crippen LogP contribution is -1.94. The highest BCUT2D eigenvalue weighted by Crippen LogP contribution is 2.08. The van der Waals surface area contributed by atoms with Gasteiger partial charge in [0.2, 0.25) is 5.88 Å². The summed E-state index contributed by atoms with van der Waals surface area (Å²) in [6.45, 7) is 3.26. The highest BCUT2D eigenvalue weighted by Gasteiger charge is 1.99. The standard InChI is InChI=1S/C8H8NO2/c1-6(10)7-3-4-9-8(5-7)11-2/h3-5H,1H2,2H3. The van der Waals surface area contributed by atoms with Gasteiger partial charge in [-0.05, 0) is 6.07 Å². The first-order chi connectivity index (χ1) is 5.24. The number of ether oxygens (including phenoxy) is 1. The minimum Gasteiger partial charge on any atom is -0.481 e. The Morgan fingerprint density at radius 2 is 2.45 bits per heavy atom. The first-order valence-electron chi connectivity index (χ1n) is 3.10. The fourth-order valence-electron chi connectivity index (χ4n) is 0.695. The molecule has 0 aliphatic carbocycles. The zero-order valence-corrected chi connectivity index (χ0v) is 6.20. The molecule has 57 valence electrons. The summed E-state index contributed by atoms with van der Waals surface area (Å²) in [6, 6.07) is 3.15. The van der Waals surface area contributed by atoms with Gasteiger partial charge in [0.25, 0.3) is 0 Å². The summed E-state index contributed by atoms with van der Waals surface area (Å²) in [6.07, 6.45) is 1.51. The maximum absolute atomic E-state index is 10.7. The van der Waals surface area contributed by atoms with Crippen molar-refractivity contribution in [2.45, 2.75) is 0 Å². The van der Waals surface area contributed by atoms with E-state index in [-0.39, 0.29) is 5.78 Å². The lowest BCUT2D eigenvalue weighted by Gasteiger charge is -1.98. The average Bonchev–Trinajstić information content (AvgIpc) is 2.05. The van der Waals surface area contributed by atoms with Crippen molar-refractivity contribution in [2.24, 2.45) is 0 Å². The van der Waals surface area contributed by atoms with E-state index in [2.05, 4.69) is 11.9 Å². The van der Waals surface area contributed by atoms with Crippen LogP contribution in [0.5, 0.6) is 5.88 Å². The number of rotatable bonds is 2. The molecule has 0 saturated heterocycles. The second-order valence-corrected chi connectivity index (χ2v) is 2.01. The summed E-state index contributed by atoms with van der Waals surface area (Å²) in [4.78, 5) is 14.6. The van der Waals surface area contributed by atoms with E-state index in [4.69, 9.17) is 4.74 Å². The molecule has 0 aliphatic rings. The molecular weight excluding hydrogens is 142 g/mol. The van der Waals surface area contributed by atoms with E-state index in [1.807, 2.05) is 0 Å². The largest absolute Gasteiger partial charge is 0.481 e. The lowest BCUT2D eigenvalue weighted by atomic mass is 10.2. The van der Waals surface area contributed by atoms with Gasteiger partial charge in [0.15, 0.2) is 5.78 Å². The van der Waals surface area contributed by atoms with Crippen molar-refractivity contribution >= 4 is 5.78 Å². The third-order valence-electron chi connectivity index (χ3n) is 1.27. The minimum absolute atomic E-state index is 0.231. The Bertz CT molecular complexity index is 271. The first kappa shape index (κ1) is 7.72. The van der Waals surface area contributed by atoms with Gasteiger partial charge in [0, 0.05) is 24.8 Å². The quantitative estimate of drug-likeness (QED) is 0.593. The highest BCUT2D eigenvalue weighted by atomic mass is 16.5. The van der Waals surface area contributed by atoms with Crippen molar-refractivity contribution in [1.82, 2.24) is 4.98 Å². The Kier molecular flexibility index (Phi) is 2.21. The summed E-state index contributed by atoms with van der Waals surface area (Å²) >= 11 is 0. The summed E-state index contributed by atoms with van der Waals surface area (Å²) in [5.41, 5.74) is 0.511. The van der Waals surface area contributed by atoms with E-state index >= 15 is 0 Å². The Balaban J connectivity index is 3.01. The molecule has 0 aromatic carbocycles. The van der Waals surface area contributed by atoms with Crippen molar-refractivity contribution in [2.75, 3.05) is 7.11 Å². The SMILES string of the molecule is [CH2]C(=O)c1ccnc(OC)c1. The van der Waals surface area contributed by atoms with Crippen LogP contribution in [0.15, 0.2) is 18.3 Å². The number of carbonyl (C=O) groups is 1. The number of methoxy groups -OCH3 is 1. The predicted molar refractivity (Wildman–Crippen MR) is 40.5 cm³/mol. The Morgan fingerprint density at radius 1 is 1.73 bits per heavy atom. The van der Waals surface area contributed by atoms with Crippen LogP contribution < -0.4 is 4.74 Å². The number of hydrogen-bond donors (Lipinski definition) is 0. The van der Waals surface area contributed by atoms with Crippen molar-refractivity contribution < 1.29 is 9.53 Å². The van der Waals surface area contributed by atoms with Gasteiger partial charge >= 0.3 is 0 Å². The van der Waals surface area contributed by atoms with Crippen molar-refractivity contribution in [3.05, 3.63) is 30.8 Å². The predicted octanol–water partition coefficient (Wildman–Crippen LogP) is 1.11. The summed E-state index contributed by atoms with van der Waals surface area (Å²) < 4.78 is 4.81. The molecule has 0 fully saturated rings. The third-order valence-corrected chi connectivity index (χ3v) is 1.27. The number of pyridine rings is 1. The zero-order valence-electron chi connectivity index (χ0n) is 6.20. The fraction of sp³-hybridized carbons (Fsp3) is 0.125. The number of ketones is 1. The molecule has 11 heavy (non-hydrogen) atoms. The zero-order chi connectivity index (χ0) is 8.27. The molecule has 1 aromatic heterocycles. The van der Waals surface area contributed by atoms with Crippen molar-refractivity contribution in [3.63, 3.8) is 0 Å². The normalized spacial score (nSPS) is 9.27. The minimum atomic E-state index is -0.231. The van der Waals surface area contributed by atoms with Crippen LogP contribution in [0.3, 0.4) is 0 Å². The van der Waals surface area contributed by atoms with Crippen LogP contribution in [0, 0.1) is 6.92 Å². The number of Topliss-reactive ketones (excluding diaryl/α,β-unsaturated/α-hetero) is 1. The summed E-state index contributed by atoms with van der Waals surface area (Å²) in [7, 11) is 1.50. The summed E-state index contributed by atoms with van der Waals surface area (Å²) in [5, 5.41) is 0. The van der Waals surface area contributed by atoms with Crippen LogP contribution >= 0.6 is 0 Å². The van der Waals surface area contributed by atoms with Gasteiger partial charge in [0.05, 0.1) is 7.11 Å². The second-order valence-electron chi connectivity index (χ2n) is 2.01. The molecule has 0 unspecified atom stereocenters. The molecular formula is C8H8NO2. The number of hydrogen-bond acceptors (Lipinski definition) is 3. The number of nitrogens with zero attached hydrogens (tertiary/aromatic N) is 1. The molecule has 1 aromatic rings. The molecule has 3 nitrogen and oxygen atoms in total. The second kappa shape index (κ2) is 3.14. The van der Waals surface area contributed by atoms with Gasteiger partial charge < -0.3 is 4.74 Å². The molecule has 0 N–H and O–H groups in total. The molecule has 3 heteroatoms. The van der Waals surface area contributed by atoms with E-state index in [1.54, 1.807) is 12.1 Å². The average molecular weight is 150 g/mol. The van der Waals surface area contributed by atoms with E-state index in [0.29, 0.717) is 11.4 Å². The van der Waals surface area contributed by atoms with E-state index < -0.39 is 0 Å². The molecule has 0 spiro atoms. The van der Waals surface area contributed by atoms with Crippen LogP contribution in [0.25, 0.3) is 0 Å². The van der Waals surface area contributed by atoms with Gasteiger partial charge in [-0.25, -0.2) is 4.98 Å². The Morgan fingerprint density at radius 3 is 3.00 bits per heavy atom. The number of aromatic nitrogens is 1. The van der Waals surface area contributed by atoms with E-state index in [9.17, 15) is 4.79 Å². The first-order valence-corrected chi connectivity index (χ1v) is 3.10. The Hall–Kier alpha value is -1.38. The molecule has 0 amide bonds. The van der Waals surface area contributed by atoms with Crippen molar-refractivity contribution in [1.29, 1.82) is 0 Å². The van der Waals surface area contributed by atoms with Crippen LogP contribution in [-0.2, 0) is 0 Å². The molecule has 0 aliphatic heterocycles. The van der Waals surface area contributed by atoms with Crippen LogP contribution in [0.1, 0.15) is 10.4 Å².